The molecule has 1 N–H and O–H groups in total. The van der Waals surface area contributed by atoms with Gasteiger partial charge in [-0.2, -0.15) is 5.10 Å². The summed E-state index contributed by atoms with van der Waals surface area (Å²) in [5.74, 6) is -0.520. The van der Waals surface area contributed by atoms with E-state index in [1.54, 1.807) is 54.5 Å². The van der Waals surface area contributed by atoms with Gasteiger partial charge in [0.1, 0.15) is 6.61 Å². The van der Waals surface area contributed by atoms with E-state index in [2.05, 4.69) is 10.4 Å². The van der Waals surface area contributed by atoms with Crippen LogP contribution in [0.1, 0.15) is 35.3 Å². The zero-order chi connectivity index (χ0) is 17.5. The number of nitrogens with one attached hydrogen (secondary N) is 1. The van der Waals surface area contributed by atoms with Crippen LogP contribution in [-0.2, 0) is 29.7 Å². The van der Waals surface area contributed by atoms with Crippen LogP contribution in [0.25, 0.3) is 0 Å². The van der Waals surface area contributed by atoms with Crippen molar-refractivity contribution >= 4 is 11.9 Å². The van der Waals surface area contributed by atoms with Gasteiger partial charge in [-0.1, -0.05) is 17.7 Å². The Hall–Kier alpha value is -2.89. The number of esters is 1. The first-order valence-electron chi connectivity index (χ1n) is 7.60. The molecule has 1 heterocycles. The molecule has 0 radical (unpaired) electrons. The van der Waals surface area contributed by atoms with E-state index in [1.807, 2.05) is 13.8 Å². The Morgan fingerprint density at radius 1 is 1.21 bits per heavy atom. The topological polar surface area (TPSA) is 73.2 Å². The Balaban J connectivity index is 1.85. The molecule has 6 heteroatoms. The van der Waals surface area contributed by atoms with Crippen molar-refractivity contribution in [1.29, 1.82) is 0 Å². The third-order valence-corrected chi connectivity index (χ3v) is 3.20. The molecule has 0 saturated heterocycles. The van der Waals surface area contributed by atoms with Gasteiger partial charge in [0.2, 0.25) is 5.91 Å². The SMILES string of the molecule is CC(C)=CC(=O)NCc1ccc(C(=O)OCc2cnn(C)c2)cc1. The van der Waals surface area contributed by atoms with Crippen molar-refractivity contribution in [2.24, 2.45) is 7.05 Å². The van der Waals surface area contributed by atoms with Crippen LogP contribution in [0, 0.1) is 0 Å². The molecule has 0 aliphatic carbocycles. The van der Waals surface area contributed by atoms with Crippen molar-refractivity contribution in [1.82, 2.24) is 15.1 Å². The highest BCUT2D eigenvalue weighted by Crippen LogP contribution is 2.08. The first-order chi connectivity index (χ1) is 11.4. The maximum absolute atomic E-state index is 12.0. The fourth-order valence-electron chi connectivity index (χ4n) is 2.04. The highest BCUT2D eigenvalue weighted by Gasteiger charge is 2.08. The lowest BCUT2D eigenvalue weighted by atomic mass is 10.1. The predicted molar refractivity (Wildman–Crippen MR) is 90.0 cm³/mol. The third-order valence-electron chi connectivity index (χ3n) is 3.20. The van der Waals surface area contributed by atoms with Gasteiger partial charge in [0.05, 0.1) is 11.8 Å². The first-order valence-corrected chi connectivity index (χ1v) is 7.60. The largest absolute Gasteiger partial charge is 0.457 e. The number of hydrogen-bond acceptors (Lipinski definition) is 4. The van der Waals surface area contributed by atoms with Gasteiger partial charge in [0, 0.05) is 31.4 Å². The number of carbonyl (C=O) groups excluding carboxylic acids is 2. The molecule has 0 aliphatic heterocycles. The molecule has 0 unspecified atom stereocenters. The maximum atomic E-state index is 12.0. The number of rotatable bonds is 6. The highest BCUT2D eigenvalue weighted by atomic mass is 16.5. The summed E-state index contributed by atoms with van der Waals surface area (Å²) < 4.78 is 6.89. The minimum Gasteiger partial charge on any atom is -0.457 e. The average molecular weight is 327 g/mol. The van der Waals surface area contributed by atoms with Crippen LogP contribution in [-0.4, -0.2) is 21.7 Å². The number of nitrogens with zero attached hydrogens (tertiary/aromatic N) is 2. The number of aryl methyl sites for hydroxylation is 1. The molecular formula is C18H21N3O3. The predicted octanol–water partition coefficient (Wildman–Crippen LogP) is 2.36. The molecular weight excluding hydrogens is 306 g/mol. The second-order valence-corrected chi connectivity index (χ2v) is 5.73. The summed E-state index contributed by atoms with van der Waals surface area (Å²) in [4.78, 5) is 23.6. The van der Waals surface area contributed by atoms with Gasteiger partial charge in [-0.25, -0.2) is 4.79 Å². The minimum absolute atomic E-state index is 0.130. The van der Waals surface area contributed by atoms with Crippen LogP contribution >= 0.6 is 0 Å². The van der Waals surface area contributed by atoms with Crippen LogP contribution in [0.15, 0.2) is 48.3 Å². The van der Waals surface area contributed by atoms with E-state index in [9.17, 15) is 9.59 Å². The van der Waals surface area contributed by atoms with E-state index >= 15 is 0 Å². The van der Waals surface area contributed by atoms with Crippen LogP contribution in [0.4, 0.5) is 0 Å². The quantitative estimate of drug-likeness (QED) is 0.653. The fraction of sp³-hybridized carbons (Fsp3) is 0.278. The van der Waals surface area contributed by atoms with Gasteiger partial charge in [0.15, 0.2) is 0 Å². The standard InChI is InChI=1S/C18H21N3O3/c1-13(2)8-17(22)19-9-14-4-6-16(7-5-14)18(23)24-12-15-10-20-21(3)11-15/h4-8,10-11H,9,12H2,1-3H3,(H,19,22). The molecule has 0 atom stereocenters. The molecule has 1 aromatic carbocycles. The Bertz CT molecular complexity index is 741. The smallest absolute Gasteiger partial charge is 0.338 e. The average Bonchev–Trinajstić information content (AvgIpc) is 2.96. The van der Waals surface area contributed by atoms with E-state index in [-0.39, 0.29) is 18.5 Å². The number of allylic oxidation sites excluding steroid dienone is 1. The number of hydrogen-bond donors (Lipinski definition) is 1. The van der Waals surface area contributed by atoms with Gasteiger partial charge < -0.3 is 10.1 Å². The second kappa shape index (κ2) is 8.10. The van der Waals surface area contributed by atoms with Crippen molar-refractivity contribution in [3.05, 3.63) is 65.0 Å². The lowest BCUT2D eigenvalue weighted by Gasteiger charge is -2.06. The fourth-order valence-corrected chi connectivity index (χ4v) is 2.04. The van der Waals surface area contributed by atoms with Crippen molar-refractivity contribution in [3.8, 4) is 0 Å². The first kappa shape index (κ1) is 17.5. The van der Waals surface area contributed by atoms with Crippen LogP contribution in [0.2, 0.25) is 0 Å². The van der Waals surface area contributed by atoms with Gasteiger partial charge >= 0.3 is 5.97 Å². The van der Waals surface area contributed by atoms with Crippen molar-refractivity contribution in [2.45, 2.75) is 27.0 Å². The molecule has 2 rings (SSSR count). The minimum atomic E-state index is -0.390. The third kappa shape index (κ3) is 5.39. The second-order valence-electron chi connectivity index (χ2n) is 5.73. The summed E-state index contributed by atoms with van der Waals surface area (Å²) in [6.07, 6.45) is 5.00. The van der Waals surface area contributed by atoms with E-state index in [1.165, 1.54) is 0 Å². The molecule has 1 amide bonds. The number of benzene rings is 1. The van der Waals surface area contributed by atoms with Crippen molar-refractivity contribution in [3.63, 3.8) is 0 Å². The Labute approximate surface area is 141 Å². The normalized spacial score (nSPS) is 10.1. The molecule has 0 spiro atoms. The molecule has 24 heavy (non-hydrogen) atoms. The lowest BCUT2D eigenvalue weighted by molar-refractivity contribution is -0.116. The Morgan fingerprint density at radius 3 is 2.50 bits per heavy atom. The number of ether oxygens (including phenoxy) is 1. The van der Waals surface area contributed by atoms with E-state index in [4.69, 9.17) is 4.74 Å². The van der Waals surface area contributed by atoms with Crippen molar-refractivity contribution in [2.75, 3.05) is 0 Å². The molecule has 6 nitrogen and oxygen atoms in total. The van der Waals surface area contributed by atoms with E-state index in [0.717, 1.165) is 16.7 Å². The number of aromatic nitrogens is 2. The lowest BCUT2D eigenvalue weighted by Crippen LogP contribution is -2.20. The molecule has 1 aromatic heterocycles. The van der Waals surface area contributed by atoms with Crippen LogP contribution < -0.4 is 5.32 Å². The van der Waals surface area contributed by atoms with Gasteiger partial charge in [-0.15, -0.1) is 0 Å². The van der Waals surface area contributed by atoms with E-state index in [0.29, 0.717) is 12.1 Å². The number of amides is 1. The number of carbonyl (C=O) groups is 2. The molecule has 0 bridgehead atoms. The van der Waals surface area contributed by atoms with Crippen LogP contribution in [0.5, 0.6) is 0 Å². The monoisotopic (exact) mass is 327 g/mol. The maximum Gasteiger partial charge on any atom is 0.338 e. The highest BCUT2D eigenvalue weighted by molar-refractivity contribution is 5.89. The molecule has 126 valence electrons. The van der Waals surface area contributed by atoms with E-state index < -0.39 is 0 Å². The molecule has 0 saturated carbocycles. The Morgan fingerprint density at radius 2 is 1.92 bits per heavy atom. The summed E-state index contributed by atoms with van der Waals surface area (Å²) in [6.45, 7) is 4.33. The molecule has 0 aliphatic rings. The molecule has 0 fully saturated rings. The summed E-state index contributed by atoms with van der Waals surface area (Å²) in [6, 6.07) is 6.97. The zero-order valence-corrected chi connectivity index (χ0v) is 14.1. The zero-order valence-electron chi connectivity index (χ0n) is 14.1. The Kier molecular flexibility index (Phi) is 5.89. The van der Waals surface area contributed by atoms with Crippen molar-refractivity contribution < 1.29 is 14.3 Å². The summed E-state index contributed by atoms with van der Waals surface area (Å²) in [5.41, 5.74) is 3.16. The van der Waals surface area contributed by atoms with Gasteiger partial charge in [-0.05, 0) is 31.5 Å². The summed E-state index contributed by atoms with van der Waals surface area (Å²) in [7, 11) is 1.81. The molecule has 2 aromatic rings. The summed E-state index contributed by atoms with van der Waals surface area (Å²) >= 11 is 0. The summed E-state index contributed by atoms with van der Waals surface area (Å²) in [5, 5.41) is 6.81. The van der Waals surface area contributed by atoms with Gasteiger partial charge in [0.25, 0.3) is 0 Å². The van der Waals surface area contributed by atoms with Crippen LogP contribution in [0.3, 0.4) is 0 Å². The van der Waals surface area contributed by atoms with Gasteiger partial charge in [-0.3, -0.25) is 9.48 Å².